The van der Waals surface area contributed by atoms with E-state index in [0.717, 1.165) is 31.9 Å². The van der Waals surface area contributed by atoms with Crippen LogP contribution in [0.25, 0.3) is 0 Å². The van der Waals surface area contributed by atoms with Crippen molar-refractivity contribution in [3.63, 3.8) is 0 Å². The van der Waals surface area contributed by atoms with Crippen molar-refractivity contribution < 1.29 is 9.18 Å². The molecule has 0 N–H and O–H groups in total. The second kappa shape index (κ2) is 7.47. The molecule has 1 fully saturated rings. The van der Waals surface area contributed by atoms with Crippen molar-refractivity contribution in [3.8, 4) is 0 Å². The van der Waals surface area contributed by atoms with Crippen molar-refractivity contribution in [1.82, 2.24) is 4.90 Å². The van der Waals surface area contributed by atoms with Crippen LogP contribution in [0.3, 0.4) is 0 Å². The van der Waals surface area contributed by atoms with Gasteiger partial charge in [-0.05, 0) is 35.7 Å². The Labute approximate surface area is 142 Å². The molecule has 0 saturated carbocycles. The predicted octanol–water partition coefficient (Wildman–Crippen LogP) is 3.67. The fraction of sp³-hybridized carbons (Fsp3) is 0.350. The number of rotatable bonds is 4. The van der Waals surface area contributed by atoms with E-state index in [0.29, 0.717) is 6.42 Å². The predicted molar refractivity (Wildman–Crippen MR) is 94.7 cm³/mol. The standard InChI is InChI=1S/C20H23FN2O/c1-16(17-5-3-2-4-6-17)15-20(24)23-13-11-22(12-14-23)19-9-7-18(21)8-10-19/h2-10,16H,11-15H2,1H3/t16-/m0/s1. The van der Waals surface area contributed by atoms with Crippen molar-refractivity contribution in [1.29, 1.82) is 0 Å². The molecule has 0 spiro atoms. The molecule has 1 atom stereocenters. The number of halogens is 1. The van der Waals surface area contributed by atoms with Crippen molar-refractivity contribution in [2.24, 2.45) is 0 Å². The summed E-state index contributed by atoms with van der Waals surface area (Å²) in [7, 11) is 0. The molecule has 1 amide bonds. The van der Waals surface area contributed by atoms with Gasteiger partial charge in [-0.1, -0.05) is 37.3 Å². The summed E-state index contributed by atoms with van der Waals surface area (Å²) in [5.74, 6) is 0.224. The minimum atomic E-state index is -0.220. The summed E-state index contributed by atoms with van der Waals surface area (Å²) in [4.78, 5) is 16.7. The molecular formula is C20H23FN2O. The Hall–Kier alpha value is -2.36. The maximum atomic E-state index is 13.0. The summed E-state index contributed by atoms with van der Waals surface area (Å²) in [5.41, 5.74) is 2.22. The molecule has 2 aromatic rings. The summed E-state index contributed by atoms with van der Waals surface area (Å²) < 4.78 is 13.0. The number of carbonyl (C=O) groups is 1. The Morgan fingerprint density at radius 3 is 2.25 bits per heavy atom. The van der Waals surface area contributed by atoms with Crippen LogP contribution in [0.15, 0.2) is 54.6 Å². The highest BCUT2D eigenvalue weighted by Gasteiger charge is 2.22. The van der Waals surface area contributed by atoms with Gasteiger partial charge in [0.2, 0.25) is 5.91 Å². The van der Waals surface area contributed by atoms with E-state index in [4.69, 9.17) is 0 Å². The second-order valence-corrected chi connectivity index (χ2v) is 6.36. The summed E-state index contributed by atoms with van der Waals surface area (Å²) in [6.07, 6.45) is 0.542. The molecule has 1 aliphatic heterocycles. The van der Waals surface area contributed by atoms with Gasteiger partial charge in [0.25, 0.3) is 0 Å². The fourth-order valence-corrected chi connectivity index (χ4v) is 3.16. The van der Waals surface area contributed by atoms with E-state index < -0.39 is 0 Å². The first kappa shape index (κ1) is 16.5. The van der Waals surface area contributed by atoms with Crippen LogP contribution in [0.4, 0.5) is 10.1 Å². The molecule has 126 valence electrons. The van der Waals surface area contributed by atoms with Gasteiger partial charge >= 0.3 is 0 Å². The highest BCUT2D eigenvalue weighted by Crippen LogP contribution is 2.21. The Kier molecular flexibility index (Phi) is 5.14. The third-order valence-corrected chi connectivity index (χ3v) is 4.67. The van der Waals surface area contributed by atoms with E-state index in [2.05, 4.69) is 24.0 Å². The van der Waals surface area contributed by atoms with Crippen LogP contribution < -0.4 is 4.90 Å². The van der Waals surface area contributed by atoms with Gasteiger partial charge in [0.15, 0.2) is 0 Å². The van der Waals surface area contributed by atoms with Crippen LogP contribution >= 0.6 is 0 Å². The van der Waals surface area contributed by atoms with Gasteiger partial charge in [-0.2, -0.15) is 0 Å². The highest BCUT2D eigenvalue weighted by atomic mass is 19.1. The largest absolute Gasteiger partial charge is 0.368 e. The Bertz CT molecular complexity index is 664. The van der Waals surface area contributed by atoms with E-state index >= 15 is 0 Å². The van der Waals surface area contributed by atoms with Crippen LogP contribution in [0.1, 0.15) is 24.8 Å². The summed E-state index contributed by atoms with van der Waals surface area (Å²) in [5, 5.41) is 0. The minimum Gasteiger partial charge on any atom is -0.368 e. The lowest BCUT2D eigenvalue weighted by atomic mass is 9.97. The monoisotopic (exact) mass is 326 g/mol. The van der Waals surface area contributed by atoms with Gasteiger partial charge in [-0.15, -0.1) is 0 Å². The van der Waals surface area contributed by atoms with Crippen LogP contribution in [0.2, 0.25) is 0 Å². The summed E-state index contributed by atoms with van der Waals surface area (Å²) >= 11 is 0. The molecule has 24 heavy (non-hydrogen) atoms. The van der Waals surface area contributed by atoms with Gasteiger partial charge in [0.05, 0.1) is 0 Å². The van der Waals surface area contributed by atoms with Crippen molar-refractivity contribution in [3.05, 3.63) is 66.0 Å². The lowest BCUT2D eigenvalue weighted by Gasteiger charge is -2.36. The maximum absolute atomic E-state index is 13.0. The Morgan fingerprint density at radius 1 is 1.00 bits per heavy atom. The molecule has 1 aliphatic rings. The van der Waals surface area contributed by atoms with Gasteiger partial charge in [0.1, 0.15) is 5.82 Å². The molecule has 4 heteroatoms. The number of amides is 1. The first-order chi connectivity index (χ1) is 11.6. The van der Waals surface area contributed by atoms with Crippen molar-refractivity contribution >= 4 is 11.6 Å². The van der Waals surface area contributed by atoms with E-state index in [1.807, 2.05) is 23.1 Å². The number of carbonyl (C=O) groups excluding carboxylic acids is 1. The van der Waals surface area contributed by atoms with Crippen molar-refractivity contribution in [2.45, 2.75) is 19.3 Å². The molecule has 0 radical (unpaired) electrons. The molecule has 0 aromatic heterocycles. The first-order valence-corrected chi connectivity index (χ1v) is 8.47. The van der Waals surface area contributed by atoms with Crippen LogP contribution in [-0.2, 0) is 4.79 Å². The number of anilines is 1. The van der Waals surface area contributed by atoms with Crippen LogP contribution in [-0.4, -0.2) is 37.0 Å². The molecule has 0 unspecified atom stereocenters. The molecule has 0 aliphatic carbocycles. The van der Waals surface area contributed by atoms with E-state index in [-0.39, 0.29) is 17.6 Å². The molecule has 1 heterocycles. The second-order valence-electron chi connectivity index (χ2n) is 6.36. The number of benzene rings is 2. The zero-order valence-electron chi connectivity index (χ0n) is 14.0. The summed E-state index contributed by atoms with van der Waals surface area (Å²) in [6, 6.07) is 16.7. The molecule has 1 saturated heterocycles. The lowest BCUT2D eigenvalue weighted by Crippen LogP contribution is -2.49. The average Bonchev–Trinajstić information content (AvgIpc) is 2.63. The normalized spacial score (nSPS) is 16.1. The topological polar surface area (TPSA) is 23.6 Å². The van der Waals surface area contributed by atoms with Gasteiger partial charge in [-0.3, -0.25) is 4.79 Å². The third kappa shape index (κ3) is 3.94. The Balaban J connectivity index is 1.52. The SMILES string of the molecule is C[C@@H](CC(=O)N1CCN(c2ccc(F)cc2)CC1)c1ccccc1. The van der Waals surface area contributed by atoms with Crippen LogP contribution in [0, 0.1) is 5.82 Å². The van der Waals surface area contributed by atoms with Gasteiger partial charge < -0.3 is 9.80 Å². The Morgan fingerprint density at radius 2 is 1.62 bits per heavy atom. The number of hydrogen-bond acceptors (Lipinski definition) is 2. The highest BCUT2D eigenvalue weighted by molar-refractivity contribution is 5.77. The molecule has 3 nitrogen and oxygen atoms in total. The number of hydrogen-bond donors (Lipinski definition) is 0. The lowest BCUT2D eigenvalue weighted by molar-refractivity contribution is -0.131. The number of nitrogens with zero attached hydrogens (tertiary/aromatic N) is 2. The van der Waals surface area contributed by atoms with Gasteiger partial charge in [0, 0.05) is 38.3 Å². The first-order valence-electron chi connectivity index (χ1n) is 8.47. The molecule has 2 aromatic carbocycles. The molecule has 0 bridgehead atoms. The smallest absolute Gasteiger partial charge is 0.223 e. The zero-order valence-corrected chi connectivity index (χ0v) is 14.0. The van der Waals surface area contributed by atoms with E-state index in [9.17, 15) is 9.18 Å². The fourth-order valence-electron chi connectivity index (χ4n) is 3.16. The van der Waals surface area contributed by atoms with Gasteiger partial charge in [-0.25, -0.2) is 4.39 Å². The number of piperazine rings is 1. The van der Waals surface area contributed by atoms with Crippen molar-refractivity contribution in [2.75, 3.05) is 31.1 Å². The minimum absolute atomic E-state index is 0.213. The molecule has 3 rings (SSSR count). The van der Waals surface area contributed by atoms with E-state index in [1.54, 1.807) is 12.1 Å². The average molecular weight is 326 g/mol. The zero-order chi connectivity index (χ0) is 16.9. The van der Waals surface area contributed by atoms with Crippen LogP contribution in [0.5, 0.6) is 0 Å². The molecular weight excluding hydrogens is 303 g/mol. The maximum Gasteiger partial charge on any atom is 0.223 e. The summed E-state index contributed by atoms with van der Waals surface area (Å²) in [6.45, 7) is 5.12. The quantitative estimate of drug-likeness (QED) is 0.856. The van der Waals surface area contributed by atoms with E-state index in [1.165, 1.54) is 17.7 Å². The third-order valence-electron chi connectivity index (χ3n) is 4.67.